The second kappa shape index (κ2) is 6.55. The number of thioether (sulfide) groups is 1. The third-order valence-electron chi connectivity index (χ3n) is 2.08. The summed E-state index contributed by atoms with van der Waals surface area (Å²) >= 11 is 6.61. The lowest BCUT2D eigenvalue weighted by atomic mass is 10.2. The summed E-state index contributed by atoms with van der Waals surface area (Å²) in [6.45, 7) is 0.630. The van der Waals surface area contributed by atoms with E-state index in [2.05, 4.69) is 15.6 Å². The minimum atomic E-state index is 0.0764. The van der Waals surface area contributed by atoms with Gasteiger partial charge in [0, 0.05) is 19.8 Å². The Balaban J connectivity index is 2.68. The number of rotatable bonds is 4. The summed E-state index contributed by atoms with van der Waals surface area (Å²) in [5.74, 6) is 0.221. The highest BCUT2D eigenvalue weighted by Gasteiger charge is 2.15. The molecule has 0 aliphatic heterocycles. The van der Waals surface area contributed by atoms with Crippen LogP contribution in [0.3, 0.4) is 0 Å². The van der Waals surface area contributed by atoms with Crippen LogP contribution in [0.25, 0.3) is 0 Å². The van der Waals surface area contributed by atoms with Crippen LogP contribution in [0, 0.1) is 0 Å². The van der Waals surface area contributed by atoms with Crippen LogP contribution in [0.1, 0.15) is 10.9 Å². The first-order valence-electron chi connectivity index (χ1n) is 4.81. The van der Waals surface area contributed by atoms with Crippen molar-refractivity contribution < 1.29 is 5.11 Å². The molecule has 0 radical (unpaired) electrons. The van der Waals surface area contributed by atoms with Crippen molar-refractivity contribution in [2.24, 2.45) is 0 Å². The predicted molar refractivity (Wildman–Crippen MR) is 71.8 cm³/mol. The van der Waals surface area contributed by atoms with E-state index < -0.39 is 0 Å². The Morgan fingerprint density at radius 1 is 1.69 bits per heavy atom. The predicted octanol–water partition coefficient (Wildman–Crippen LogP) is 1.29. The smallest absolute Gasteiger partial charge is 0.166 e. The van der Waals surface area contributed by atoms with E-state index in [1.807, 2.05) is 6.26 Å². The minimum absolute atomic E-state index is 0.0764. The largest absolute Gasteiger partial charge is 0.506 e. The molecule has 0 aromatic carbocycles. The summed E-state index contributed by atoms with van der Waals surface area (Å²) in [5, 5.41) is 16.2. The second-order valence-electron chi connectivity index (χ2n) is 3.09. The lowest BCUT2D eigenvalue weighted by Crippen LogP contribution is -2.34. The van der Waals surface area contributed by atoms with Gasteiger partial charge in [0.05, 0.1) is 10.9 Å². The van der Waals surface area contributed by atoms with Crippen LogP contribution in [-0.4, -0.2) is 35.1 Å². The van der Waals surface area contributed by atoms with Crippen LogP contribution in [-0.2, 0) is 0 Å². The van der Waals surface area contributed by atoms with Crippen LogP contribution < -0.4 is 10.6 Å². The molecule has 0 fully saturated rings. The molecule has 0 amide bonds. The quantitative estimate of drug-likeness (QED) is 0.707. The minimum Gasteiger partial charge on any atom is -0.506 e. The Hall–Kier alpha value is -1.01. The van der Waals surface area contributed by atoms with Crippen LogP contribution in [0.2, 0.25) is 0 Å². The molecule has 1 unspecified atom stereocenters. The summed E-state index contributed by atoms with van der Waals surface area (Å²) < 4.78 is 0. The number of hydrogen-bond donors (Lipinski definition) is 3. The lowest BCUT2D eigenvalue weighted by Gasteiger charge is -2.16. The summed E-state index contributed by atoms with van der Waals surface area (Å²) in [6.07, 6.45) is 3.65. The monoisotopic (exact) mass is 257 g/mol. The Labute approximate surface area is 105 Å². The molecule has 0 aliphatic carbocycles. The van der Waals surface area contributed by atoms with Gasteiger partial charge in [-0.2, -0.15) is 11.8 Å². The molecule has 1 atom stereocenters. The number of hydrogen-bond acceptors (Lipinski definition) is 4. The molecule has 0 aliphatic rings. The highest BCUT2D eigenvalue weighted by atomic mass is 32.2. The van der Waals surface area contributed by atoms with Gasteiger partial charge in [-0.15, -0.1) is 0 Å². The zero-order chi connectivity index (χ0) is 12.0. The van der Waals surface area contributed by atoms with Crippen molar-refractivity contribution in [1.29, 1.82) is 0 Å². The molecule has 16 heavy (non-hydrogen) atoms. The first-order chi connectivity index (χ1) is 7.69. The van der Waals surface area contributed by atoms with Crippen molar-refractivity contribution in [2.45, 2.75) is 5.25 Å². The number of nitrogens with one attached hydrogen (secondary N) is 2. The lowest BCUT2D eigenvalue weighted by molar-refractivity contribution is 0.463. The van der Waals surface area contributed by atoms with Gasteiger partial charge >= 0.3 is 0 Å². The number of aromatic hydroxyl groups is 1. The molecule has 1 rings (SSSR count). The Bertz CT molecular complexity index is 360. The van der Waals surface area contributed by atoms with Crippen LogP contribution in [0.15, 0.2) is 18.3 Å². The topological polar surface area (TPSA) is 57.2 Å². The number of pyridine rings is 1. The summed E-state index contributed by atoms with van der Waals surface area (Å²) in [5.41, 5.74) is 0.682. The Kier molecular flexibility index (Phi) is 5.34. The highest BCUT2D eigenvalue weighted by molar-refractivity contribution is 7.98. The van der Waals surface area contributed by atoms with E-state index in [1.165, 1.54) is 0 Å². The van der Waals surface area contributed by atoms with E-state index in [0.717, 1.165) is 0 Å². The van der Waals surface area contributed by atoms with Crippen LogP contribution in [0.4, 0.5) is 0 Å². The molecule has 1 aromatic heterocycles. The maximum absolute atomic E-state index is 9.68. The molecular weight excluding hydrogens is 242 g/mol. The zero-order valence-electron chi connectivity index (χ0n) is 9.23. The fraction of sp³-hybridized carbons (Fsp3) is 0.400. The van der Waals surface area contributed by atoms with Crippen molar-refractivity contribution in [3.63, 3.8) is 0 Å². The first-order valence-corrected chi connectivity index (χ1v) is 6.51. The summed E-state index contributed by atoms with van der Waals surface area (Å²) in [6, 6.07) is 3.35. The molecule has 1 aromatic rings. The molecule has 0 bridgehead atoms. The van der Waals surface area contributed by atoms with Crippen molar-refractivity contribution in [3.05, 3.63) is 24.0 Å². The molecule has 0 spiro atoms. The summed E-state index contributed by atoms with van der Waals surface area (Å²) in [7, 11) is 1.77. The molecule has 6 heteroatoms. The van der Waals surface area contributed by atoms with Gasteiger partial charge in [-0.25, -0.2) is 0 Å². The SMILES string of the molecule is CNC(=S)NCC(SC)c1ncccc1O. The molecular formula is C10H15N3OS2. The fourth-order valence-electron chi connectivity index (χ4n) is 1.22. The van der Waals surface area contributed by atoms with Crippen molar-refractivity contribution >= 4 is 29.1 Å². The van der Waals surface area contributed by atoms with Gasteiger partial charge in [-0.3, -0.25) is 4.98 Å². The van der Waals surface area contributed by atoms with E-state index in [-0.39, 0.29) is 11.0 Å². The molecule has 88 valence electrons. The molecule has 4 nitrogen and oxygen atoms in total. The molecule has 3 N–H and O–H groups in total. The number of aromatic nitrogens is 1. The second-order valence-corrected chi connectivity index (χ2v) is 4.54. The van der Waals surface area contributed by atoms with Gasteiger partial charge in [0.1, 0.15) is 5.75 Å². The first kappa shape index (κ1) is 13.1. The fourth-order valence-corrected chi connectivity index (χ4v) is 1.96. The third kappa shape index (κ3) is 3.53. The highest BCUT2D eigenvalue weighted by Crippen LogP contribution is 2.30. The summed E-state index contributed by atoms with van der Waals surface area (Å²) in [4.78, 5) is 4.18. The zero-order valence-corrected chi connectivity index (χ0v) is 10.9. The van der Waals surface area contributed by atoms with Gasteiger partial charge in [-0.1, -0.05) is 0 Å². The van der Waals surface area contributed by atoms with Crippen molar-refractivity contribution in [3.8, 4) is 5.75 Å². The van der Waals surface area contributed by atoms with Gasteiger partial charge in [0.15, 0.2) is 5.11 Å². The van der Waals surface area contributed by atoms with Crippen molar-refractivity contribution in [1.82, 2.24) is 15.6 Å². The van der Waals surface area contributed by atoms with Gasteiger partial charge < -0.3 is 15.7 Å². The Morgan fingerprint density at radius 3 is 3.00 bits per heavy atom. The van der Waals surface area contributed by atoms with Crippen LogP contribution in [0.5, 0.6) is 5.75 Å². The molecule has 1 heterocycles. The van der Waals surface area contributed by atoms with E-state index in [4.69, 9.17) is 12.2 Å². The number of nitrogens with zero attached hydrogens (tertiary/aromatic N) is 1. The van der Waals surface area contributed by atoms with Crippen molar-refractivity contribution in [2.75, 3.05) is 19.8 Å². The van der Waals surface area contributed by atoms with E-state index in [9.17, 15) is 5.11 Å². The number of thiocarbonyl (C=S) groups is 1. The van der Waals surface area contributed by atoms with Gasteiger partial charge in [-0.05, 0) is 30.6 Å². The van der Waals surface area contributed by atoms with Gasteiger partial charge in [0.25, 0.3) is 0 Å². The average Bonchev–Trinajstić information content (AvgIpc) is 2.31. The average molecular weight is 257 g/mol. The maximum Gasteiger partial charge on any atom is 0.166 e. The maximum atomic E-state index is 9.68. The third-order valence-corrected chi connectivity index (χ3v) is 3.39. The van der Waals surface area contributed by atoms with E-state index >= 15 is 0 Å². The van der Waals surface area contributed by atoms with E-state index in [0.29, 0.717) is 17.4 Å². The normalized spacial score (nSPS) is 11.9. The standard InChI is InChI=1S/C10H15N3OS2/c1-11-10(15)13-6-8(16-2)9-7(14)4-3-5-12-9/h3-5,8,14H,6H2,1-2H3,(H2,11,13,15). The van der Waals surface area contributed by atoms with E-state index in [1.54, 1.807) is 37.1 Å². The van der Waals surface area contributed by atoms with Crippen LogP contribution >= 0.6 is 24.0 Å². The molecule has 0 saturated heterocycles. The Morgan fingerprint density at radius 2 is 2.44 bits per heavy atom. The molecule has 0 saturated carbocycles. The van der Waals surface area contributed by atoms with Gasteiger partial charge in [0.2, 0.25) is 0 Å².